The minimum Gasteiger partial charge on any atom is -0.469 e. The van der Waals surface area contributed by atoms with E-state index in [1.807, 2.05) is 0 Å². The number of methoxy groups -OCH3 is 2. The van der Waals surface area contributed by atoms with Gasteiger partial charge >= 0.3 is 11.9 Å². The highest BCUT2D eigenvalue weighted by atomic mass is 16.5. The van der Waals surface area contributed by atoms with Gasteiger partial charge in [-0.3, -0.25) is 19.2 Å². The van der Waals surface area contributed by atoms with Gasteiger partial charge in [-0.1, -0.05) is 0 Å². The van der Waals surface area contributed by atoms with Crippen LogP contribution in [0.25, 0.3) is 0 Å². The average molecular weight is 384 g/mol. The Morgan fingerprint density at radius 3 is 1.54 bits per heavy atom. The summed E-state index contributed by atoms with van der Waals surface area (Å²) >= 11 is 0. The van der Waals surface area contributed by atoms with Gasteiger partial charge in [0.2, 0.25) is 0 Å². The number of esters is 2. The number of fused-ring (bicyclic) bond motifs is 2. The lowest BCUT2D eigenvalue weighted by atomic mass is 9.43. The van der Waals surface area contributed by atoms with Gasteiger partial charge in [0.05, 0.1) is 25.0 Å². The van der Waals surface area contributed by atoms with Crippen LogP contribution < -0.4 is 0 Å². The molecule has 8 rings (SSSR count). The molecule has 0 aromatic rings. The molecule has 0 aromatic heterocycles. The van der Waals surface area contributed by atoms with E-state index in [0.29, 0.717) is 12.8 Å². The highest BCUT2D eigenvalue weighted by molar-refractivity contribution is 5.99. The van der Waals surface area contributed by atoms with Gasteiger partial charge in [-0.2, -0.15) is 0 Å². The zero-order chi connectivity index (χ0) is 19.3. The van der Waals surface area contributed by atoms with Gasteiger partial charge < -0.3 is 9.47 Å². The van der Waals surface area contributed by atoms with Gasteiger partial charge in [-0.15, -0.1) is 0 Å². The Balaban J connectivity index is 1.55. The quantitative estimate of drug-likeness (QED) is 0.666. The smallest absolute Gasteiger partial charge is 0.313 e. The van der Waals surface area contributed by atoms with E-state index in [-0.39, 0.29) is 82.7 Å². The number of Topliss-reactive ketones (excluding diaryl/α,β-unsaturated/α-hetero) is 2. The fraction of sp³-hybridized carbons (Fsp3) is 0.818. The van der Waals surface area contributed by atoms with Gasteiger partial charge in [0.15, 0.2) is 0 Å². The van der Waals surface area contributed by atoms with Gasteiger partial charge in [0.1, 0.15) is 11.6 Å². The molecule has 0 radical (unpaired) electrons. The van der Waals surface area contributed by atoms with Gasteiger partial charge in [-0.25, -0.2) is 0 Å². The fourth-order valence-electron chi connectivity index (χ4n) is 11.2. The first-order valence-corrected chi connectivity index (χ1v) is 10.7. The van der Waals surface area contributed by atoms with Crippen molar-refractivity contribution < 1.29 is 28.7 Å². The van der Waals surface area contributed by atoms with Crippen molar-refractivity contribution in [3.05, 3.63) is 0 Å². The third-order valence-corrected chi connectivity index (χ3v) is 10.7. The molecule has 148 valence electrons. The van der Waals surface area contributed by atoms with Crippen molar-refractivity contribution in [2.24, 2.45) is 70.0 Å². The number of hydrogen-bond donors (Lipinski definition) is 0. The van der Waals surface area contributed by atoms with E-state index >= 15 is 0 Å². The summed E-state index contributed by atoms with van der Waals surface area (Å²) in [7, 11) is 2.80. The highest BCUT2D eigenvalue weighted by Gasteiger charge is 3.01. The number of ketones is 2. The summed E-state index contributed by atoms with van der Waals surface area (Å²) < 4.78 is 10.8. The highest BCUT2D eigenvalue weighted by Crippen LogP contribution is 2.97. The molecule has 2 unspecified atom stereocenters. The second kappa shape index (κ2) is 4.39. The summed E-state index contributed by atoms with van der Waals surface area (Å²) in [6, 6.07) is 0. The maximum absolute atomic E-state index is 13.6. The molecule has 8 bridgehead atoms. The number of carbonyl (C=O) groups is 4. The summed E-state index contributed by atoms with van der Waals surface area (Å²) in [5.41, 5.74) is -1.90. The lowest BCUT2D eigenvalue weighted by molar-refractivity contribution is -0.208. The molecule has 0 heterocycles. The summed E-state index contributed by atoms with van der Waals surface area (Å²) in [5, 5.41) is 0. The molecule has 8 aliphatic carbocycles. The lowest BCUT2D eigenvalue weighted by Crippen LogP contribution is -2.66. The average Bonchev–Trinajstić information content (AvgIpc) is 3.49. The van der Waals surface area contributed by atoms with Crippen molar-refractivity contribution in [3.8, 4) is 0 Å². The molecular formula is C22H24O6. The SMILES string of the molecule is COC(=O)C12[C@@H]3[C@H]4CCC(=O)[C@@H]4[C@@H]4[C@H]3[C@H]3[C@@H]1[C@@H]1CCC(=O)[C@@H]1[C@@H]3C42C(=O)OC. The maximum Gasteiger partial charge on any atom is 0.313 e. The summed E-state index contributed by atoms with van der Waals surface area (Å²) in [6.07, 6.45) is 2.76. The molecule has 0 amide bonds. The zero-order valence-corrected chi connectivity index (χ0v) is 16.1. The third kappa shape index (κ3) is 1.10. The molecule has 8 aliphatic rings. The monoisotopic (exact) mass is 384 g/mol. The van der Waals surface area contributed by atoms with E-state index < -0.39 is 10.8 Å². The normalized spacial score (nSPS) is 60.6. The van der Waals surface area contributed by atoms with Gasteiger partial charge in [-0.05, 0) is 60.2 Å². The van der Waals surface area contributed by atoms with Crippen LogP contribution in [0.5, 0.6) is 0 Å². The van der Waals surface area contributed by atoms with Crippen molar-refractivity contribution in [2.45, 2.75) is 25.7 Å². The van der Waals surface area contributed by atoms with Gasteiger partial charge in [0.25, 0.3) is 0 Å². The van der Waals surface area contributed by atoms with Crippen LogP contribution >= 0.6 is 0 Å². The molecule has 0 N–H and O–H groups in total. The molecule has 6 heteroatoms. The molecule has 6 nitrogen and oxygen atoms in total. The first-order chi connectivity index (χ1) is 13.5. The summed E-state index contributed by atoms with van der Waals surface area (Å²) in [6.45, 7) is 0. The number of hydrogen-bond acceptors (Lipinski definition) is 6. The van der Waals surface area contributed by atoms with Crippen LogP contribution in [-0.2, 0) is 28.7 Å². The standard InChI is InChI=1S/C22H24O6/c1-27-19(25)21-15-7-3-5-9(23)11(7)17-13(15)14-16(21)8-4-6-10(24)12(8)18(14)22(17,21)20(26)28-2/h7-8,11-18H,3-6H2,1-2H3/t7-,8+,11-,12-,13+,14+,15+,16-,17+,18-,21?,22?/m1/s1. The van der Waals surface area contributed by atoms with Crippen molar-refractivity contribution in [2.75, 3.05) is 14.2 Å². The zero-order valence-electron chi connectivity index (χ0n) is 16.1. The third-order valence-electron chi connectivity index (χ3n) is 10.7. The van der Waals surface area contributed by atoms with Crippen molar-refractivity contribution in [1.29, 1.82) is 0 Å². The summed E-state index contributed by atoms with van der Waals surface area (Å²) in [5.74, 6) is 0.217. The lowest BCUT2D eigenvalue weighted by Gasteiger charge is -2.57. The predicted octanol–water partition coefficient (Wildman–Crippen LogP) is 1.26. The van der Waals surface area contributed by atoms with Crippen LogP contribution in [0.2, 0.25) is 0 Å². The van der Waals surface area contributed by atoms with E-state index in [1.165, 1.54) is 14.2 Å². The van der Waals surface area contributed by atoms with E-state index in [4.69, 9.17) is 9.47 Å². The molecule has 8 saturated carbocycles. The van der Waals surface area contributed by atoms with E-state index in [1.54, 1.807) is 0 Å². The minimum absolute atomic E-state index is 0.0448. The number of rotatable bonds is 2. The Bertz CT molecular complexity index is 839. The molecule has 0 spiro atoms. The minimum atomic E-state index is -1.03. The Kier molecular flexibility index (Phi) is 2.53. The molecule has 8 fully saturated rings. The molecule has 0 aliphatic heterocycles. The second-order valence-corrected chi connectivity index (χ2v) is 10.4. The molecule has 0 aromatic carbocycles. The van der Waals surface area contributed by atoms with Crippen LogP contribution in [-0.4, -0.2) is 37.7 Å². The van der Waals surface area contributed by atoms with Crippen molar-refractivity contribution in [3.63, 3.8) is 0 Å². The first-order valence-electron chi connectivity index (χ1n) is 10.7. The number of ether oxygens (including phenoxy) is 2. The second-order valence-electron chi connectivity index (χ2n) is 10.4. The van der Waals surface area contributed by atoms with Gasteiger partial charge in [0, 0.05) is 24.7 Å². The van der Waals surface area contributed by atoms with Crippen LogP contribution in [0.4, 0.5) is 0 Å². The van der Waals surface area contributed by atoms with Crippen LogP contribution in [0, 0.1) is 70.0 Å². The molecular weight excluding hydrogens is 360 g/mol. The molecule has 28 heavy (non-hydrogen) atoms. The molecule has 12 atom stereocenters. The Morgan fingerprint density at radius 1 is 0.750 bits per heavy atom. The topological polar surface area (TPSA) is 86.7 Å². The maximum atomic E-state index is 13.6. The van der Waals surface area contributed by atoms with Crippen molar-refractivity contribution in [1.82, 2.24) is 0 Å². The predicted molar refractivity (Wildman–Crippen MR) is 92.3 cm³/mol. The molecule has 0 saturated heterocycles. The van der Waals surface area contributed by atoms with E-state index in [9.17, 15) is 19.2 Å². The first kappa shape index (κ1) is 16.1. The number of carbonyl (C=O) groups excluding carboxylic acids is 4. The fourth-order valence-corrected chi connectivity index (χ4v) is 11.2. The van der Waals surface area contributed by atoms with Crippen LogP contribution in [0.1, 0.15) is 25.7 Å². The Labute approximate surface area is 162 Å². The van der Waals surface area contributed by atoms with Crippen molar-refractivity contribution >= 4 is 23.5 Å². The van der Waals surface area contributed by atoms with E-state index in [0.717, 1.165) is 12.8 Å². The Hall–Kier alpha value is -1.72. The van der Waals surface area contributed by atoms with Crippen LogP contribution in [0.3, 0.4) is 0 Å². The summed E-state index contributed by atoms with van der Waals surface area (Å²) in [4.78, 5) is 52.8. The van der Waals surface area contributed by atoms with Crippen LogP contribution in [0.15, 0.2) is 0 Å². The Morgan fingerprint density at radius 2 is 1.14 bits per heavy atom. The van der Waals surface area contributed by atoms with E-state index in [2.05, 4.69) is 0 Å². The largest absolute Gasteiger partial charge is 0.469 e.